The average Bonchev–Trinajstić information content (AvgIpc) is 2.46. The Morgan fingerprint density at radius 2 is 1.48 bits per heavy atom. The Bertz CT molecular complexity index is 499. The number of hydrogen-bond donors (Lipinski definition) is 2. The van der Waals surface area contributed by atoms with E-state index in [2.05, 4.69) is 4.74 Å². The van der Waals surface area contributed by atoms with Crippen LogP contribution >= 0.6 is 0 Å². The van der Waals surface area contributed by atoms with Crippen molar-refractivity contribution >= 4 is 18.0 Å². The van der Waals surface area contributed by atoms with Crippen molar-refractivity contribution in [2.45, 2.75) is 52.7 Å². The second-order valence-electron chi connectivity index (χ2n) is 7.88. The van der Waals surface area contributed by atoms with E-state index in [1.54, 1.807) is 25.8 Å². The molecule has 0 heterocycles. The van der Waals surface area contributed by atoms with E-state index in [0.29, 0.717) is 19.6 Å². The maximum absolute atomic E-state index is 12.4. The molecule has 0 aliphatic rings. The van der Waals surface area contributed by atoms with Crippen LogP contribution in [-0.4, -0.2) is 78.5 Å². The molecule has 0 fully saturated rings. The molecule has 10 heteroatoms. The van der Waals surface area contributed by atoms with Gasteiger partial charge in [-0.2, -0.15) is 5.06 Å². The van der Waals surface area contributed by atoms with E-state index in [9.17, 15) is 14.4 Å². The Morgan fingerprint density at radius 3 is 1.93 bits per heavy atom. The molecule has 27 heavy (non-hydrogen) atoms. The van der Waals surface area contributed by atoms with Gasteiger partial charge in [0, 0.05) is 26.2 Å². The minimum absolute atomic E-state index is 0.00695. The first-order chi connectivity index (χ1) is 12.2. The van der Waals surface area contributed by atoms with Crippen LogP contribution in [0.3, 0.4) is 0 Å². The predicted octanol–water partition coefficient (Wildman–Crippen LogP) is 0.243. The number of hydroxylamine groups is 2. The van der Waals surface area contributed by atoms with Crippen LogP contribution < -0.4 is 11.5 Å². The van der Waals surface area contributed by atoms with Gasteiger partial charge in [0.05, 0.1) is 12.1 Å². The smallest absolute Gasteiger partial charge is 0.404 e. The number of ether oxygens (including phenoxy) is 2. The largest absolute Gasteiger partial charge is 0.453 e. The van der Waals surface area contributed by atoms with Crippen molar-refractivity contribution in [1.82, 2.24) is 9.96 Å². The van der Waals surface area contributed by atoms with E-state index in [1.165, 1.54) is 4.90 Å². The van der Waals surface area contributed by atoms with Crippen molar-refractivity contribution in [3.05, 3.63) is 0 Å². The molecule has 0 saturated carbocycles. The predicted molar refractivity (Wildman–Crippen MR) is 99.4 cm³/mol. The first-order valence-corrected chi connectivity index (χ1v) is 8.84. The minimum atomic E-state index is -0.983. The number of amides is 2. The lowest BCUT2D eigenvalue weighted by Crippen LogP contribution is -2.47. The molecule has 0 aromatic carbocycles. The van der Waals surface area contributed by atoms with Gasteiger partial charge in [0.1, 0.15) is 12.2 Å². The van der Waals surface area contributed by atoms with Gasteiger partial charge >= 0.3 is 18.0 Å². The van der Waals surface area contributed by atoms with Crippen LogP contribution in [0.1, 0.15) is 41.5 Å². The Kier molecular flexibility index (Phi) is 10.3. The van der Waals surface area contributed by atoms with E-state index in [0.717, 1.165) is 0 Å². The standard InChI is InChI=1S/C17H34N4O6/c1-16(2,3)26-14(23)13(22)20(11-12-25-15(19)24)9-10-21(8-7-18)27-17(4,5)6/h7-12,18H2,1-6H3,(H2,19,24). The lowest BCUT2D eigenvalue weighted by molar-refractivity contribution is -0.228. The summed E-state index contributed by atoms with van der Waals surface area (Å²) in [5.41, 5.74) is 9.29. The van der Waals surface area contributed by atoms with Crippen LogP contribution in [-0.2, 0) is 23.9 Å². The SMILES string of the molecule is CC(C)(C)OC(=O)C(=O)N(CCOC(N)=O)CCN(CCN)OC(C)(C)C. The van der Waals surface area contributed by atoms with Crippen LogP contribution in [0, 0.1) is 0 Å². The molecule has 0 rings (SSSR count). The summed E-state index contributed by atoms with van der Waals surface area (Å²) in [4.78, 5) is 42.3. The first-order valence-electron chi connectivity index (χ1n) is 8.84. The highest BCUT2D eigenvalue weighted by atomic mass is 16.7. The molecule has 0 unspecified atom stereocenters. The second-order valence-corrected chi connectivity index (χ2v) is 7.88. The molecule has 0 radical (unpaired) electrons. The van der Waals surface area contributed by atoms with E-state index < -0.39 is 29.2 Å². The van der Waals surface area contributed by atoms with Crippen LogP contribution in [0.15, 0.2) is 0 Å². The van der Waals surface area contributed by atoms with Gasteiger partial charge in [-0.05, 0) is 41.5 Å². The molecule has 4 N–H and O–H groups in total. The van der Waals surface area contributed by atoms with Crippen molar-refractivity contribution in [2.75, 3.05) is 39.3 Å². The van der Waals surface area contributed by atoms with Gasteiger partial charge < -0.3 is 25.8 Å². The topological polar surface area (TPSA) is 137 Å². The summed E-state index contributed by atoms with van der Waals surface area (Å²) in [5.74, 6) is -1.81. The molecule has 0 aromatic rings. The molecule has 0 atom stereocenters. The Labute approximate surface area is 161 Å². The van der Waals surface area contributed by atoms with Crippen molar-refractivity contribution in [2.24, 2.45) is 11.5 Å². The molecule has 0 aliphatic carbocycles. The number of nitrogens with zero attached hydrogens (tertiary/aromatic N) is 2. The zero-order valence-corrected chi connectivity index (χ0v) is 17.2. The third-order valence-electron chi connectivity index (χ3n) is 2.87. The van der Waals surface area contributed by atoms with E-state index in [4.69, 9.17) is 21.0 Å². The lowest BCUT2D eigenvalue weighted by Gasteiger charge is -2.32. The molecular formula is C17H34N4O6. The van der Waals surface area contributed by atoms with Gasteiger partial charge in [-0.15, -0.1) is 0 Å². The highest BCUT2D eigenvalue weighted by molar-refractivity contribution is 6.32. The highest BCUT2D eigenvalue weighted by Crippen LogP contribution is 2.11. The minimum Gasteiger partial charge on any atom is -0.453 e. The van der Waals surface area contributed by atoms with Crippen LogP contribution in [0.25, 0.3) is 0 Å². The summed E-state index contributed by atoms with van der Waals surface area (Å²) in [5, 5.41) is 1.63. The van der Waals surface area contributed by atoms with Crippen molar-refractivity contribution in [3.63, 3.8) is 0 Å². The second kappa shape index (κ2) is 11.1. The summed E-state index contributed by atoms with van der Waals surface area (Å²) >= 11 is 0. The van der Waals surface area contributed by atoms with E-state index in [-0.39, 0.29) is 19.7 Å². The van der Waals surface area contributed by atoms with Gasteiger partial charge in [0.25, 0.3) is 0 Å². The van der Waals surface area contributed by atoms with Crippen molar-refractivity contribution in [3.8, 4) is 0 Å². The van der Waals surface area contributed by atoms with Crippen molar-refractivity contribution < 1.29 is 28.7 Å². The maximum Gasteiger partial charge on any atom is 0.404 e. The van der Waals surface area contributed by atoms with Crippen LogP contribution in [0.5, 0.6) is 0 Å². The molecule has 0 aliphatic heterocycles. The van der Waals surface area contributed by atoms with E-state index in [1.807, 2.05) is 20.8 Å². The zero-order chi connectivity index (χ0) is 21.3. The summed E-state index contributed by atoms with van der Waals surface area (Å²) < 4.78 is 9.78. The third-order valence-corrected chi connectivity index (χ3v) is 2.87. The number of hydrogen-bond acceptors (Lipinski definition) is 8. The zero-order valence-electron chi connectivity index (χ0n) is 17.2. The highest BCUT2D eigenvalue weighted by Gasteiger charge is 2.28. The third kappa shape index (κ3) is 13.0. The Balaban J connectivity index is 5.03. The number of nitrogens with two attached hydrogens (primary N) is 2. The number of carbonyl (C=O) groups excluding carboxylic acids is 3. The number of esters is 1. The van der Waals surface area contributed by atoms with Crippen LogP contribution in [0.4, 0.5) is 4.79 Å². The van der Waals surface area contributed by atoms with Crippen LogP contribution in [0.2, 0.25) is 0 Å². The average molecular weight is 390 g/mol. The lowest BCUT2D eigenvalue weighted by atomic mass is 10.2. The molecule has 0 saturated heterocycles. The Hall–Kier alpha value is -1.91. The van der Waals surface area contributed by atoms with E-state index >= 15 is 0 Å². The number of rotatable bonds is 9. The molecule has 2 amide bonds. The molecule has 10 nitrogen and oxygen atoms in total. The fourth-order valence-electron chi connectivity index (χ4n) is 1.99. The first kappa shape index (κ1) is 25.1. The molecular weight excluding hydrogens is 356 g/mol. The van der Waals surface area contributed by atoms with Crippen molar-refractivity contribution in [1.29, 1.82) is 0 Å². The quantitative estimate of drug-likeness (QED) is 0.324. The van der Waals surface area contributed by atoms with Gasteiger partial charge in [0.2, 0.25) is 0 Å². The molecule has 158 valence electrons. The summed E-state index contributed by atoms with van der Waals surface area (Å²) in [6.07, 6.45) is -0.958. The summed E-state index contributed by atoms with van der Waals surface area (Å²) in [6, 6.07) is 0. The normalized spacial score (nSPS) is 12.0. The van der Waals surface area contributed by atoms with Gasteiger partial charge in [0.15, 0.2) is 0 Å². The van der Waals surface area contributed by atoms with Gasteiger partial charge in [-0.3, -0.25) is 9.63 Å². The Morgan fingerprint density at radius 1 is 0.889 bits per heavy atom. The molecule has 0 aromatic heterocycles. The summed E-state index contributed by atoms with van der Waals surface area (Å²) in [6.45, 7) is 11.8. The molecule has 0 spiro atoms. The van der Waals surface area contributed by atoms with Gasteiger partial charge in [-0.25, -0.2) is 9.59 Å². The van der Waals surface area contributed by atoms with Gasteiger partial charge in [-0.1, -0.05) is 0 Å². The molecule has 0 bridgehead atoms. The maximum atomic E-state index is 12.4. The number of carbonyl (C=O) groups is 3. The fourth-order valence-corrected chi connectivity index (χ4v) is 1.99. The monoisotopic (exact) mass is 390 g/mol. The summed E-state index contributed by atoms with van der Waals surface area (Å²) in [7, 11) is 0. The number of primary amides is 1. The fraction of sp³-hybridized carbons (Fsp3) is 0.824.